The molecule has 2 aromatic rings. The van der Waals surface area contributed by atoms with Crippen molar-refractivity contribution in [3.8, 4) is 0 Å². The first-order chi connectivity index (χ1) is 11.4. The van der Waals surface area contributed by atoms with E-state index in [1.54, 1.807) is 0 Å². The van der Waals surface area contributed by atoms with Crippen molar-refractivity contribution < 1.29 is 43.9 Å². The molecular formula is C13H3ClF10Si. The molecule has 0 aliphatic heterocycles. The predicted octanol–water partition coefficient (Wildman–Crippen LogP) is 4.01. The summed E-state index contributed by atoms with van der Waals surface area (Å²) in [7, 11) is -5.13. The van der Waals surface area contributed by atoms with Crippen LogP contribution >= 0.6 is 11.1 Å². The monoisotopic (exact) mass is 412 g/mol. The smallest absolute Gasteiger partial charge is 0.204 e. The van der Waals surface area contributed by atoms with E-state index in [1.807, 2.05) is 0 Å². The van der Waals surface area contributed by atoms with Gasteiger partial charge < -0.3 is 0 Å². The topological polar surface area (TPSA) is 0 Å². The Balaban J connectivity index is 2.96. The minimum Gasteiger partial charge on any atom is -0.204 e. The van der Waals surface area contributed by atoms with Gasteiger partial charge in [0.15, 0.2) is 46.5 Å². The lowest BCUT2D eigenvalue weighted by atomic mass is 10.3. The predicted molar refractivity (Wildman–Crippen MR) is 69.2 cm³/mol. The molecule has 0 aliphatic rings. The van der Waals surface area contributed by atoms with Crippen molar-refractivity contribution in [3.05, 3.63) is 58.2 Å². The molecular weight excluding hydrogens is 410 g/mol. The van der Waals surface area contributed by atoms with Crippen LogP contribution < -0.4 is 10.4 Å². The van der Waals surface area contributed by atoms with Crippen LogP contribution in [0.5, 0.6) is 0 Å². The molecule has 2 aromatic carbocycles. The van der Waals surface area contributed by atoms with Gasteiger partial charge in [-0.1, -0.05) is 0 Å². The SMILES string of the molecule is C[Si](Cl)(c1c(F)c(F)c(F)c(F)c1F)c1c(F)c(F)c(F)c(F)c1F. The molecule has 0 saturated carbocycles. The Hall–Kier alpha value is -1.75. The summed E-state index contributed by atoms with van der Waals surface area (Å²) in [6, 6.07) is 0. The highest BCUT2D eigenvalue weighted by atomic mass is 35.6. The first-order valence-corrected chi connectivity index (χ1v) is 9.59. The third-order valence-electron chi connectivity index (χ3n) is 3.36. The average Bonchev–Trinajstić information content (AvgIpc) is 2.54. The lowest BCUT2D eigenvalue weighted by Crippen LogP contribution is -2.57. The highest BCUT2D eigenvalue weighted by Crippen LogP contribution is 2.25. The van der Waals surface area contributed by atoms with E-state index in [9.17, 15) is 43.9 Å². The van der Waals surface area contributed by atoms with Crippen LogP contribution in [0.15, 0.2) is 0 Å². The molecule has 0 nitrogen and oxygen atoms in total. The van der Waals surface area contributed by atoms with Gasteiger partial charge in [0.05, 0.1) is 0 Å². The first kappa shape index (κ1) is 19.6. The Bertz CT molecular complexity index is 766. The summed E-state index contributed by atoms with van der Waals surface area (Å²) < 4.78 is 135. The van der Waals surface area contributed by atoms with Crippen molar-refractivity contribution in [2.24, 2.45) is 0 Å². The van der Waals surface area contributed by atoms with Gasteiger partial charge in [-0.3, -0.25) is 0 Å². The van der Waals surface area contributed by atoms with Gasteiger partial charge in [0.2, 0.25) is 19.0 Å². The van der Waals surface area contributed by atoms with Crippen molar-refractivity contribution in [2.75, 3.05) is 0 Å². The molecule has 0 atom stereocenters. The van der Waals surface area contributed by atoms with Crippen LogP contribution in [0.1, 0.15) is 0 Å². The second kappa shape index (κ2) is 6.20. The van der Waals surface area contributed by atoms with Crippen LogP contribution in [0.3, 0.4) is 0 Å². The van der Waals surface area contributed by atoms with Crippen LogP contribution in [-0.4, -0.2) is 7.38 Å². The maximum atomic E-state index is 13.9. The van der Waals surface area contributed by atoms with Gasteiger partial charge in [-0.15, -0.1) is 0 Å². The molecule has 2 rings (SSSR count). The lowest BCUT2D eigenvalue weighted by molar-refractivity contribution is 0.382. The van der Waals surface area contributed by atoms with Crippen LogP contribution in [0, 0.1) is 58.2 Å². The highest BCUT2D eigenvalue weighted by Gasteiger charge is 2.46. The van der Waals surface area contributed by atoms with Gasteiger partial charge in [0.1, 0.15) is 0 Å². The van der Waals surface area contributed by atoms with Crippen molar-refractivity contribution in [2.45, 2.75) is 6.55 Å². The van der Waals surface area contributed by atoms with Crippen LogP contribution in [0.25, 0.3) is 0 Å². The summed E-state index contributed by atoms with van der Waals surface area (Å²) in [6.07, 6.45) is 0. The van der Waals surface area contributed by atoms with Crippen molar-refractivity contribution in [1.82, 2.24) is 0 Å². The van der Waals surface area contributed by atoms with Gasteiger partial charge in [-0.05, 0) is 6.55 Å². The van der Waals surface area contributed by atoms with Crippen molar-refractivity contribution in [1.29, 1.82) is 0 Å². The molecule has 0 amide bonds. The maximum Gasteiger partial charge on any atom is 0.227 e. The van der Waals surface area contributed by atoms with Gasteiger partial charge in [-0.2, -0.15) is 11.1 Å². The summed E-state index contributed by atoms with van der Waals surface area (Å²) in [5.74, 6) is -25.1. The zero-order valence-electron chi connectivity index (χ0n) is 11.7. The van der Waals surface area contributed by atoms with E-state index < -0.39 is 75.9 Å². The largest absolute Gasteiger partial charge is 0.227 e. The molecule has 0 fully saturated rings. The standard InChI is InChI=1S/C13H3ClF10Si/c1-25(14,12-8(21)4(17)2(15)5(18)9(12)22)13-10(23)6(19)3(16)7(20)11(13)24/h1H3. The normalized spacial score (nSPS) is 12.0. The van der Waals surface area contributed by atoms with Crippen molar-refractivity contribution in [3.63, 3.8) is 0 Å². The van der Waals surface area contributed by atoms with E-state index in [4.69, 9.17) is 11.1 Å². The number of hydrogen-bond acceptors (Lipinski definition) is 0. The number of hydrogen-bond donors (Lipinski definition) is 0. The molecule has 0 aromatic heterocycles. The Morgan fingerprint density at radius 2 is 0.600 bits per heavy atom. The molecule has 0 saturated heterocycles. The van der Waals surface area contributed by atoms with E-state index in [0.29, 0.717) is 6.55 Å². The number of halogens is 11. The molecule has 0 radical (unpaired) electrons. The van der Waals surface area contributed by atoms with Gasteiger partial charge >= 0.3 is 0 Å². The van der Waals surface area contributed by atoms with Gasteiger partial charge in [0, 0.05) is 10.4 Å². The minimum absolute atomic E-state index is 0.450. The maximum absolute atomic E-state index is 13.9. The Labute approximate surface area is 138 Å². The fourth-order valence-corrected chi connectivity index (χ4v) is 5.49. The van der Waals surface area contributed by atoms with E-state index in [-0.39, 0.29) is 0 Å². The molecule has 0 unspecified atom stereocenters. The number of benzene rings is 2. The van der Waals surface area contributed by atoms with Crippen LogP contribution in [0.2, 0.25) is 6.55 Å². The summed E-state index contributed by atoms with van der Waals surface area (Å²) in [5, 5.41) is -3.68. The molecule has 0 heterocycles. The fraction of sp³-hybridized carbons (Fsp3) is 0.0769. The number of rotatable bonds is 2. The van der Waals surface area contributed by atoms with Crippen molar-refractivity contribution >= 4 is 28.8 Å². The highest BCUT2D eigenvalue weighted by molar-refractivity contribution is 7.33. The molecule has 0 N–H and O–H groups in total. The molecule has 136 valence electrons. The Morgan fingerprint density at radius 3 is 0.800 bits per heavy atom. The molecule has 0 bridgehead atoms. The van der Waals surface area contributed by atoms with E-state index in [1.165, 1.54) is 0 Å². The van der Waals surface area contributed by atoms with Crippen LogP contribution in [0.4, 0.5) is 43.9 Å². The third-order valence-corrected chi connectivity index (χ3v) is 7.25. The summed E-state index contributed by atoms with van der Waals surface area (Å²) >= 11 is 5.67. The zero-order valence-corrected chi connectivity index (χ0v) is 13.4. The first-order valence-electron chi connectivity index (χ1n) is 6.08. The van der Waals surface area contributed by atoms with Gasteiger partial charge in [-0.25, -0.2) is 43.9 Å². The molecule has 0 aliphatic carbocycles. The molecule has 12 heteroatoms. The summed E-state index contributed by atoms with van der Waals surface area (Å²) in [4.78, 5) is 0. The molecule has 25 heavy (non-hydrogen) atoms. The fourth-order valence-electron chi connectivity index (χ4n) is 2.16. The second-order valence-electron chi connectivity index (χ2n) is 4.89. The van der Waals surface area contributed by atoms with E-state index >= 15 is 0 Å². The summed E-state index contributed by atoms with van der Waals surface area (Å²) in [6.45, 7) is 0.450. The lowest BCUT2D eigenvalue weighted by Gasteiger charge is -2.24. The zero-order chi connectivity index (χ0) is 19.4. The van der Waals surface area contributed by atoms with E-state index in [0.717, 1.165) is 0 Å². The Kier molecular flexibility index (Phi) is 4.85. The average molecular weight is 413 g/mol. The summed E-state index contributed by atoms with van der Waals surface area (Å²) in [5.41, 5.74) is 0. The van der Waals surface area contributed by atoms with Gasteiger partial charge in [0.25, 0.3) is 0 Å². The third kappa shape index (κ3) is 2.69. The van der Waals surface area contributed by atoms with Crippen LogP contribution in [-0.2, 0) is 0 Å². The van der Waals surface area contributed by atoms with E-state index in [2.05, 4.69) is 0 Å². The Morgan fingerprint density at radius 1 is 0.440 bits per heavy atom. The quantitative estimate of drug-likeness (QED) is 0.230. The second-order valence-corrected chi connectivity index (χ2v) is 10.2. The molecule has 0 spiro atoms. The minimum atomic E-state index is -5.13.